The third kappa shape index (κ3) is 4.97. The average Bonchev–Trinajstić information content (AvgIpc) is 3.73. The highest BCUT2D eigenvalue weighted by molar-refractivity contribution is 7.22. The maximum atomic E-state index is 9.15. The minimum absolute atomic E-state index is 0.665. The van der Waals surface area contributed by atoms with Crippen LogP contribution in [0.3, 0.4) is 0 Å². The number of rotatable bonds is 5. The maximum absolute atomic E-state index is 9.15. The number of benzene rings is 6. The Morgan fingerprint density at radius 1 is 0.409 bits per heavy atom. The van der Waals surface area contributed by atoms with E-state index in [2.05, 4.69) is 109 Å². The van der Waals surface area contributed by atoms with Crippen molar-refractivity contribution in [1.29, 1.82) is 5.26 Å². The Morgan fingerprint density at radius 3 is 1.27 bits per heavy atom. The summed E-state index contributed by atoms with van der Waals surface area (Å²) in [5.41, 5.74) is 11.7. The second kappa shape index (κ2) is 11.0. The molecule has 0 unspecified atom stereocenters. The normalized spacial score (nSPS) is 11.2. The molecule has 0 amide bonds. The Balaban J connectivity index is 1.19. The van der Waals surface area contributed by atoms with Crippen molar-refractivity contribution in [3.8, 4) is 60.6 Å². The quantitative estimate of drug-likeness (QED) is 0.198. The van der Waals surface area contributed by atoms with E-state index in [0.29, 0.717) is 5.56 Å². The molecule has 0 N–H and O–H groups in total. The van der Waals surface area contributed by atoms with Crippen LogP contribution in [0.2, 0.25) is 0 Å². The summed E-state index contributed by atoms with van der Waals surface area (Å²) >= 11 is 3.44. The predicted octanol–water partition coefficient (Wildman–Crippen LogP) is 11.1. The number of thiazole rings is 2. The second-order valence-electron chi connectivity index (χ2n) is 10.6. The number of nitrogens with zero attached hydrogens (tertiary/aromatic N) is 3. The van der Waals surface area contributed by atoms with Crippen molar-refractivity contribution in [1.82, 2.24) is 9.97 Å². The van der Waals surface area contributed by atoms with Gasteiger partial charge in [0.25, 0.3) is 0 Å². The van der Waals surface area contributed by atoms with Crippen LogP contribution in [0.1, 0.15) is 5.56 Å². The first kappa shape index (κ1) is 26.2. The lowest BCUT2D eigenvalue weighted by Crippen LogP contribution is -1.87. The topological polar surface area (TPSA) is 49.6 Å². The molecule has 0 atom stereocenters. The zero-order valence-corrected chi connectivity index (χ0v) is 25.1. The van der Waals surface area contributed by atoms with Gasteiger partial charge >= 0.3 is 0 Å². The molecule has 0 aliphatic carbocycles. The molecule has 0 fully saturated rings. The molecule has 0 bridgehead atoms. The van der Waals surface area contributed by atoms with Crippen molar-refractivity contribution in [3.05, 3.63) is 145 Å². The van der Waals surface area contributed by atoms with E-state index in [4.69, 9.17) is 15.2 Å². The summed E-state index contributed by atoms with van der Waals surface area (Å²) < 4.78 is 2.38. The monoisotopic (exact) mass is 597 g/mol. The maximum Gasteiger partial charge on any atom is 0.124 e. The summed E-state index contributed by atoms with van der Waals surface area (Å²) in [7, 11) is 0. The van der Waals surface area contributed by atoms with Crippen molar-refractivity contribution >= 4 is 43.1 Å². The van der Waals surface area contributed by atoms with Crippen molar-refractivity contribution in [2.24, 2.45) is 0 Å². The van der Waals surface area contributed by atoms with Crippen LogP contribution in [0.5, 0.6) is 0 Å². The van der Waals surface area contributed by atoms with E-state index >= 15 is 0 Å². The van der Waals surface area contributed by atoms with Gasteiger partial charge in [0.1, 0.15) is 10.0 Å². The molecule has 0 saturated heterocycles. The van der Waals surface area contributed by atoms with E-state index in [0.717, 1.165) is 65.6 Å². The van der Waals surface area contributed by atoms with Crippen LogP contribution in [-0.2, 0) is 0 Å². The fraction of sp³-hybridized carbons (Fsp3) is 0. The summed E-state index contributed by atoms with van der Waals surface area (Å²) in [6.07, 6.45) is 0. The van der Waals surface area contributed by atoms with E-state index in [-0.39, 0.29) is 0 Å². The highest BCUT2D eigenvalue weighted by atomic mass is 32.1. The number of aromatic nitrogens is 2. The van der Waals surface area contributed by atoms with Gasteiger partial charge in [0.15, 0.2) is 0 Å². The minimum atomic E-state index is 0.665. The average molecular weight is 598 g/mol. The van der Waals surface area contributed by atoms with Crippen LogP contribution in [0.25, 0.3) is 75.0 Å². The van der Waals surface area contributed by atoms with Gasteiger partial charge in [-0.3, -0.25) is 0 Å². The van der Waals surface area contributed by atoms with Crippen molar-refractivity contribution in [3.63, 3.8) is 0 Å². The van der Waals surface area contributed by atoms with Crippen LogP contribution in [-0.4, -0.2) is 9.97 Å². The van der Waals surface area contributed by atoms with Crippen molar-refractivity contribution in [2.75, 3.05) is 0 Å². The lowest BCUT2D eigenvalue weighted by atomic mass is 9.94. The molecule has 8 rings (SSSR count). The molecule has 8 aromatic rings. The molecular weight excluding hydrogens is 575 g/mol. The van der Waals surface area contributed by atoms with Gasteiger partial charge in [0.2, 0.25) is 0 Å². The molecule has 0 radical (unpaired) electrons. The van der Waals surface area contributed by atoms with E-state index in [1.165, 1.54) is 9.40 Å². The minimum Gasteiger partial charge on any atom is -0.236 e. The first-order chi connectivity index (χ1) is 21.7. The third-order valence-corrected chi connectivity index (χ3v) is 9.97. The lowest BCUT2D eigenvalue weighted by Gasteiger charge is -2.11. The number of para-hydroxylation sites is 2. The van der Waals surface area contributed by atoms with Gasteiger partial charge in [0.05, 0.1) is 32.1 Å². The lowest BCUT2D eigenvalue weighted by molar-refractivity contribution is 1.46. The zero-order chi connectivity index (χ0) is 29.5. The van der Waals surface area contributed by atoms with Gasteiger partial charge in [-0.15, -0.1) is 22.7 Å². The van der Waals surface area contributed by atoms with Gasteiger partial charge < -0.3 is 0 Å². The number of hydrogen-bond donors (Lipinski definition) is 0. The van der Waals surface area contributed by atoms with Gasteiger partial charge in [-0.1, -0.05) is 84.9 Å². The molecule has 0 aliphatic heterocycles. The summed E-state index contributed by atoms with van der Waals surface area (Å²) in [6.45, 7) is 0. The Morgan fingerprint density at radius 2 is 0.795 bits per heavy atom. The van der Waals surface area contributed by atoms with Gasteiger partial charge in [-0.25, -0.2) is 9.97 Å². The predicted molar refractivity (Wildman–Crippen MR) is 185 cm³/mol. The molecule has 2 heterocycles. The van der Waals surface area contributed by atoms with Gasteiger partial charge in [0, 0.05) is 11.1 Å². The first-order valence-corrected chi connectivity index (χ1v) is 15.9. The zero-order valence-electron chi connectivity index (χ0n) is 23.4. The molecule has 206 valence electrons. The Hall–Kier alpha value is -5.41. The highest BCUT2D eigenvalue weighted by Crippen LogP contribution is 2.38. The van der Waals surface area contributed by atoms with E-state index in [1.54, 1.807) is 22.7 Å². The highest BCUT2D eigenvalue weighted by Gasteiger charge is 2.13. The summed E-state index contributed by atoms with van der Waals surface area (Å²) in [4.78, 5) is 9.83. The summed E-state index contributed by atoms with van der Waals surface area (Å²) in [5.74, 6) is 0. The molecule has 0 spiro atoms. The fourth-order valence-corrected chi connectivity index (χ4v) is 7.40. The molecule has 44 heavy (non-hydrogen) atoms. The van der Waals surface area contributed by atoms with E-state index in [1.807, 2.05) is 36.4 Å². The second-order valence-corrected chi connectivity index (χ2v) is 12.7. The largest absolute Gasteiger partial charge is 0.236 e. The standard InChI is InChI=1S/C39H23N3S2/c40-24-25-9-11-26(12-10-25)27-13-15-28(16-14-27)31-21-32(23-33(22-31)39-42-35-6-2-4-8-37(35)44-39)29-17-19-30(20-18-29)38-41-34-5-1-3-7-36(34)43-38/h1-23H. The Labute approximate surface area is 263 Å². The number of nitriles is 1. The smallest absolute Gasteiger partial charge is 0.124 e. The Kier molecular flexibility index (Phi) is 6.57. The van der Waals surface area contributed by atoms with Gasteiger partial charge in [-0.2, -0.15) is 5.26 Å². The van der Waals surface area contributed by atoms with Crippen LogP contribution in [0.4, 0.5) is 0 Å². The summed E-state index contributed by atoms with van der Waals surface area (Å²) in [6, 6.07) is 50.6. The van der Waals surface area contributed by atoms with Crippen molar-refractivity contribution in [2.45, 2.75) is 0 Å². The molecule has 2 aromatic heterocycles. The van der Waals surface area contributed by atoms with Crippen LogP contribution in [0.15, 0.2) is 140 Å². The van der Waals surface area contributed by atoms with Gasteiger partial charge in [-0.05, 0) is 88.0 Å². The Bertz CT molecular complexity index is 2260. The van der Waals surface area contributed by atoms with Crippen molar-refractivity contribution < 1.29 is 0 Å². The molecule has 0 saturated carbocycles. The SMILES string of the molecule is N#Cc1ccc(-c2ccc(-c3cc(-c4ccc(-c5nc6ccccc6s5)cc4)cc(-c4nc5ccccc5s4)c3)cc2)cc1. The third-order valence-electron chi connectivity index (χ3n) is 7.80. The number of hydrogen-bond acceptors (Lipinski definition) is 5. The molecule has 0 aliphatic rings. The number of fused-ring (bicyclic) bond motifs is 2. The first-order valence-electron chi connectivity index (χ1n) is 14.3. The molecule has 6 aromatic carbocycles. The van der Waals surface area contributed by atoms with E-state index < -0.39 is 0 Å². The van der Waals surface area contributed by atoms with Crippen LogP contribution < -0.4 is 0 Å². The molecular formula is C39H23N3S2. The molecule has 5 heteroatoms. The molecule has 3 nitrogen and oxygen atoms in total. The van der Waals surface area contributed by atoms with Crippen LogP contribution in [0, 0.1) is 11.3 Å². The summed E-state index contributed by atoms with van der Waals surface area (Å²) in [5, 5.41) is 11.2. The van der Waals surface area contributed by atoms with Crippen LogP contribution >= 0.6 is 22.7 Å². The van der Waals surface area contributed by atoms with E-state index in [9.17, 15) is 0 Å². The fourth-order valence-electron chi connectivity index (χ4n) is 5.47.